The van der Waals surface area contributed by atoms with E-state index in [-0.39, 0.29) is 0 Å². The van der Waals surface area contributed by atoms with E-state index in [1.54, 1.807) is 0 Å². The molecule has 3 nitrogen and oxygen atoms in total. The van der Waals surface area contributed by atoms with Gasteiger partial charge in [-0.3, -0.25) is 4.79 Å². The maximum absolute atomic E-state index is 13.4. The van der Waals surface area contributed by atoms with Crippen LogP contribution in [0.15, 0.2) is 12.1 Å². The average Bonchev–Trinajstić information content (AvgIpc) is 2.36. The highest BCUT2D eigenvalue weighted by molar-refractivity contribution is 5.94. The van der Waals surface area contributed by atoms with Crippen molar-refractivity contribution in [2.75, 3.05) is 26.3 Å². The summed E-state index contributed by atoms with van der Waals surface area (Å²) in [4.78, 5) is 13.2. The van der Waals surface area contributed by atoms with E-state index < -0.39 is 28.9 Å². The number of morpholine rings is 1. The molecule has 1 saturated heterocycles. The SMILES string of the molecule is O=C(c1ccc(F)c(F)c1F)N1CCOCC1. The van der Waals surface area contributed by atoms with Crippen LogP contribution in [0.5, 0.6) is 0 Å². The molecule has 17 heavy (non-hydrogen) atoms. The molecule has 92 valence electrons. The van der Waals surface area contributed by atoms with E-state index in [0.29, 0.717) is 26.3 Å². The number of amides is 1. The molecule has 0 bridgehead atoms. The second-order valence-corrected chi connectivity index (χ2v) is 3.63. The molecule has 1 amide bonds. The molecule has 0 N–H and O–H groups in total. The van der Waals surface area contributed by atoms with E-state index in [9.17, 15) is 18.0 Å². The van der Waals surface area contributed by atoms with E-state index >= 15 is 0 Å². The average molecular weight is 245 g/mol. The Morgan fingerprint density at radius 2 is 1.76 bits per heavy atom. The standard InChI is InChI=1S/C11H10F3NO2/c12-8-2-1-7(9(13)10(8)14)11(16)15-3-5-17-6-4-15/h1-2H,3-6H2. The number of nitrogens with zero attached hydrogens (tertiary/aromatic N) is 1. The van der Waals surface area contributed by atoms with Crippen LogP contribution in [0.3, 0.4) is 0 Å². The molecule has 1 aromatic rings. The molecule has 1 heterocycles. The van der Waals surface area contributed by atoms with Gasteiger partial charge in [0.25, 0.3) is 5.91 Å². The zero-order valence-electron chi connectivity index (χ0n) is 8.88. The van der Waals surface area contributed by atoms with Crippen LogP contribution in [0.2, 0.25) is 0 Å². The Bertz CT molecular complexity index is 445. The molecule has 6 heteroatoms. The minimum atomic E-state index is -1.62. The molecule has 0 radical (unpaired) electrons. The summed E-state index contributed by atoms with van der Waals surface area (Å²) in [6, 6.07) is 1.69. The number of carbonyl (C=O) groups is 1. The first kappa shape index (κ1) is 11.9. The first-order valence-electron chi connectivity index (χ1n) is 5.12. The molecule has 1 aliphatic heterocycles. The van der Waals surface area contributed by atoms with E-state index in [0.717, 1.165) is 12.1 Å². The van der Waals surface area contributed by atoms with Gasteiger partial charge in [-0.15, -0.1) is 0 Å². The molecule has 2 rings (SSSR count). The number of carbonyl (C=O) groups excluding carboxylic acids is 1. The lowest BCUT2D eigenvalue weighted by Crippen LogP contribution is -2.41. The van der Waals surface area contributed by atoms with Gasteiger partial charge in [-0.05, 0) is 12.1 Å². The summed E-state index contributed by atoms with van der Waals surface area (Å²) in [5, 5.41) is 0. The molecular formula is C11H10F3NO2. The smallest absolute Gasteiger partial charge is 0.257 e. The van der Waals surface area contributed by atoms with Gasteiger partial charge in [-0.1, -0.05) is 0 Å². The van der Waals surface area contributed by atoms with E-state index in [1.165, 1.54) is 4.90 Å². The topological polar surface area (TPSA) is 29.5 Å². The van der Waals surface area contributed by atoms with Gasteiger partial charge in [-0.25, -0.2) is 13.2 Å². The van der Waals surface area contributed by atoms with Crippen LogP contribution in [0, 0.1) is 17.5 Å². The van der Waals surface area contributed by atoms with Gasteiger partial charge in [0.1, 0.15) is 0 Å². The van der Waals surface area contributed by atoms with Crippen LogP contribution in [0.4, 0.5) is 13.2 Å². The maximum Gasteiger partial charge on any atom is 0.257 e. The van der Waals surface area contributed by atoms with Crippen molar-refractivity contribution in [3.8, 4) is 0 Å². The minimum Gasteiger partial charge on any atom is -0.378 e. The van der Waals surface area contributed by atoms with Crippen molar-refractivity contribution in [3.05, 3.63) is 35.1 Å². The molecule has 1 aliphatic rings. The zero-order chi connectivity index (χ0) is 12.4. The molecule has 0 spiro atoms. The monoisotopic (exact) mass is 245 g/mol. The molecule has 0 saturated carbocycles. The van der Waals surface area contributed by atoms with Crippen molar-refractivity contribution < 1.29 is 22.7 Å². The zero-order valence-corrected chi connectivity index (χ0v) is 8.88. The van der Waals surface area contributed by atoms with Gasteiger partial charge in [-0.2, -0.15) is 0 Å². The van der Waals surface area contributed by atoms with Crippen molar-refractivity contribution in [2.24, 2.45) is 0 Å². The first-order valence-corrected chi connectivity index (χ1v) is 5.12. The number of halogens is 3. The normalized spacial score (nSPS) is 16.1. The van der Waals surface area contributed by atoms with Crippen LogP contribution in [0.1, 0.15) is 10.4 Å². The van der Waals surface area contributed by atoms with Crippen molar-refractivity contribution in [3.63, 3.8) is 0 Å². The summed E-state index contributed by atoms with van der Waals surface area (Å²) in [7, 11) is 0. The summed E-state index contributed by atoms with van der Waals surface area (Å²) in [5.41, 5.74) is -0.453. The number of ether oxygens (including phenoxy) is 1. The molecule has 1 aromatic carbocycles. The second-order valence-electron chi connectivity index (χ2n) is 3.63. The number of hydrogen-bond acceptors (Lipinski definition) is 2. The Kier molecular flexibility index (Phi) is 3.33. The van der Waals surface area contributed by atoms with Gasteiger partial charge < -0.3 is 9.64 Å². The van der Waals surface area contributed by atoms with Crippen molar-refractivity contribution in [1.82, 2.24) is 4.90 Å². The maximum atomic E-state index is 13.4. The summed E-state index contributed by atoms with van der Waals surface area (Å²) in [6.07, 6.45) is 0. The van der Waals surface area contributed by atoms with Crippen molar-refractivity contribution in [2.45, 2.75) is 0 Å². The second kappa shape index (κ2) is 4.75. The van der Waals surface area contributed by atoms with Crippen LogP contribution in [0.25, 0.3) is 0 Å². The van der Waals surface area contributed by atoms with E-state index in [2.05, 4.69) is 0 Å². The first-order chi connectivity index (χ1) is 8.11. The van der Waals surface area contributed by atoms with Gasteiger partial charge in [0.15, 0.2) is 17.5 Å². The van der Waals surface area contributed by atoms with Crippen LogP contribution < -0.4 is 0 Å². The van der Waals surface area contributed by atoms with Gasteiger partial charge >= 0.3 is 0 Å². The molecule has 0 aromatic heterocycles. The molecule has 0 atom stereocenters. The van der Waals surface area contributed by atoms with Gasteiger partial charge in [0, 0.05) is 13.1 Å². The minimum absolute atomic E-state index is 0.317. The third-order valence-electron chi connectivity index (χ3n) is 2.56. The van der Waals surface area contributed by atoms with Crippen LogP contribution in [-0.2, 0) is 4.74 Å². The fraction of sp³-hybridized carbons (Fsp3) is 0.364. The Labute approximate surface area is 95.8 Å². The van der Waals surface area contributed by atoms with Crippen molar-refractivity contribution >= 4 is 5.91 Å². The summed E-state index contributed by atoms with van der Waals surface area (Å²) in [6.45, 7) is 1.35. The fourth-order valence-corrected chi connectivity index (χ4v) is 1.63. The highest BCUT2D eigenvalue weighted by Gasteiger charge is 2.24. The third kappa shape index (κ3) is 2.26. The predicted molar refractivity (Wildman–Crippen MR) is 53.0 cm³/mol. The summed E-state index contributed by atoms with van der Waals surface area (Å²) < 4.78 is 44.1. The largest absolute Gasteiger partial charge is 0.378 e. The lowest BCUT2D eigenvalue weighted by Gasteiger charge is -2.27. The summed E-state index contributed by atoms with van der Waals surface area (Å²) >= 11 is 0. The Balaban J connectivity index is 2.27. The Hall–Kier alpha value is -1.56. The van der Waals surface area contributed by atoms with Gasteiger partial charge in [0.05, 0.1) is 18.8 Å². The number of benzene rings is 1. The molecule has 1 fully saturated rings. The number of hydrogen-bond donors (Lipinski definition) is 0. The highest BCUT2D eigenvalue weighted by atomic mass is 19.2. The van der Waals surface area contributed by atoms with E-state index in [1.807, 2.05) is 0 Å². The van der Waals surface area contributed by atoms with Crippen molar-refractivity contribution in [1.29, 1.82) is 0 Å². The van der Waals surface area contributed by atoms with Crippen LogP contribution in [-0.4, -0.2) is 37.1 Å². The Morgan fingerprint density at radius 1 is 1.12 bits per heavy atom. The Morgan fingerprint density at radius 3 is 2.41 bits per heavy atom. The lowest BCUT2D eigenvalue weighted by atomic mass is 10.1. The fourth-order valence-electron chi connectivity index (χ4n) is 1.63. The summed E-state index contributed by atoms with van der Waals surface area (Å²) in [5.74, 6) is -5.02. The lowest BCUT2D eigenvalue weighted by molar-refractivity contribution is 0.0299. The van der Waals surface area contributed by atoms with E-state index in [4.69, 9.17) is 4.74 Å². The third-order valence-corrected chi connectivity index (χ3v) is 2.56. The highest BCUT2D eigenvalue weighted by Crippen LogP contribution is 2.17. The molecular weight excluding hydrogens is 235 g/mol. The number of rotatable bonds is 1. The molecule has 0 aliphatic carbocycles. The predicted octanol–water partition coefficient (Wildman–Crippen LogP) is 1.58. The quantitative estimate of drug-likeness (QED) is 0.703. The van der Waals surface area contributed by atoms with Crippen LogP contribution >= 0.6 is 0 Å². The molecule has 0 unspecified atom stereocenters. The van der Waals surface area contributed by atoms with Gasteiger partial charge in [0.2, 0.25) is 0 Å².